The zero-order chi connectivity index (χ0) is 12.3. The van der Waals surface area contributed by atoms with Crippen molar-refractivity contribution in [1.29, 1.82) is 0 Å². The molecule has 0 aliphatic carbocycles. The maximum atomic E-state index is 11.8. The van der Waals surface area contributed by atoms with Crippen molar-refractivity contribution in [3.05, 3.63) is 23.8 Å². The summed E-state index contributed by atoms with van der Waals surface area (Å²) in [6.07, 6.45) is 0.961. The number of anilines is 1. The van der Waals surface area contributed by atoms with Crippen molar-refractivity contribution in [2.24, 2.45) is 0 Å². The van der Waals surface area contributed by atoms with Crippen LogP contribution in [0.15, 0.2) is 18.2 Å². The summed E-state index contributed by atoms with van der Waals surface area (Å²) in [6.45, 7) is 5.90. The molecule has 2 amide bonds. The van der Waals surface area contributed by atoms with Gasteiger partial charge in [-0.25, -0.2) is 4.79 Å². The predicted octanol–water partition coefficient (Wildman–Crippen LogP) is 2.18. The van der Waals surface area contributed by atoms with Crippen LogP contribution in [0.25, 0.3) is 0 Å². The quantitative estimate of drug-likeness (QED) is 0.871. The first kappa shape index (κ1) is 11.8. The first-order valence-corrected chi connectivity index (χ1v) is 6.07. The Labute approximate surface area is 102 Å². The molecule has 4 nitrogen and oxygen atoms in total. The fraction of sp³-hybridized carbons (Fsp3) is 0.462. The third kappa shape index (κ3) is 2.35. The predicted molar refractivity (Wildman–Crippen MR) is 67.7 cm³/mol. The van der Waals surface area contributed by atoms with E-state index in [1.807, 2.05) is 32.0 Å². The monoisotopic (exact) mass is 234 g/mol. The lowest BCUT2D eigenvalue weighted by Crippen LogP contribution is -2.39. The van der Waals surface area contributed by atoms with Gasteiger partial charge >= 0.3 is 6.03 Å². The molecule has 0 radical (unpaired) electrons. The molecular formula is C13H18N2O2. The second-order valence-electron chi connectivity index (χ2n) is 3.97. The summed E-state index contributed by atoms with van der Waals surface area (Å²) in [5, 5.41) is 2.81. The largest absolute Gasteiger partial charge is 0.493 e. The van der Waals surface area contributed by atoms with Gasteiger partial charge in [0.2, 0.25) is 0 Å². The number of benzene rings is 1. The molecule has 4 heteroatoms. The fourth-order valence-corrected chi connectivity index (χ4v) is 2.01. The van der Waals surface area contributed by atoms with Gasteiger partial charge in [-0.2, -0.15) is 0 Å². The molecule has 0 spiro atoms. The Balaban J connectivity index is 2.22. The zero-order valence-electron chi connectivity index (χ0n) is 10.3. The molecule has 0 atom stereocenters. The van der Waals surface area contributed by atoms with Crippen LogP contribution in [-0.2, 0) is 6.42 Å². The summed E-state index contributed by atoms with van der Waals surface area (Å²) in [5.74, 6) is 0.908. The maximum Gasteiger partial charge on any atom is 0.321 e. The molecule has 0 saturated carbocycles. The Hall–Kier alpha value is -1.71. The summed E-state index contributed by atoms with van der Waals surface area (Å²) in [5.41, 5.74) is 2.11. The molecule has 0 unspecified atom stereocenters. The number of hydrogen-bond acceptors (Lipinski definition) is 2. The summed E-state index contributed by atoms with van der Waals surface area (Å²) >= 11 is 0. The first-order chi connectivity index (χ1) is 8.26. The average Bonchev–Trinajstić information content (AvgIpc) is 2.77. The summed E-state index contributed by atoms with van der Waals surface area (Å²) in [7, 11) is 0. The second kappa shape index (κ2) is 5.08. The van der Waals surface area contributed by atoms with E-state index in [1.165, 1.54) is 5.56 Å². The van der Waals surface area contributed by atoms with Crippen LogP contribution >= 0.6 is 0 Å². The number of rotatable bonds is 3. The molecule has 2 rings (SSSR count). The topological polar surface area (TPSA) is 41.6 Å². The van der Waals surface area contributed by atoms with E-state index in [2.05, 4.69) is 5.32 Å². The lowest BCUT2D eigenvalue weighted by Gasteiger charge is -2.21. The molecule has 0 fully saturated rings. The molecule has 0 aromatic heterocycles. The smallest absolute Gasteiger partial charge is 0.321 e. The molecule has 0 saturated heterocycles. The number of nitrogens with zero attached hydrogens (tertiary/aromatic N) is 1. The van der Waals surface area contributed by atoms with Crippen LogP contribution in [0.2, 0.25) is 0 Å². The zero-order valence-corrected chi connectivity index (χ0v) is 10.3. The highest BCUT2D eigenvalue weighted by Gasteiger charge is 2.17. The lowest BCUT2D eigenvalue weighted by molar-refractivity contribution is 0.247. The molecule has 17 heavy (non-hydrogen) atoms. The van der Waals surface area contributed by atoms with Crippen LogP contribution in [0.3, 0.4) is 0 Å². The van der Waals surface area contributed by atoms with Gasteiger partial charge in [0, 0.05) is 31.3 Å². The first-order valence-electron chi connectivity index (χ1n) is 6.07. The van der Waals surface area contributed by atoms with E-state index >= 15 is 0 Å². The minimum absolute atomic E-state index is 0.0621. The van der Waals surface area contributed by atoms with Gasteiger partial charge in [-0.05, 0) is 25.5 Å². The normalized spacial score (nSPS) is 12.8. The molecule has 0 bridgehead atoms. The van der Waals surface area contributed by atoms with Gasteiger partial charge in [0.1, 0.15) is 5.75 Å². The van der Waals surface area contributed by atoms with E-state index in [0.29, 0.717) is 13.1 Å². The van der Waals surface area contributed by atoms with Crippen LogP contribution in [0.5, 0.6) is 5.75 Å². The summed E-state index contributed by atoms with van der Waals surface area (Å²) in [4.78, 5) is 13.6. The molecule has 1 aliphatic rings. The number of fused-ring (bicyclic) bond motifs is 1. The SMILES string of the molecule is CCNC(=O)N(CC)c1ccc2c(c1)OCC2. The van der Waals surface area contributed by atoms with Gasteiger partial charge in [0.15, 0.2) is 0 Å². The van der Waals surface area contributed by atoms with Crippen molar-refractivity contribution in [2.75, 3.05) is 24.6 Å². The number of ether oxygens (including phenoxy) is 1. The Morgan fingerprint density at radius 1 is 1.47 bits per heavy atom. The lowest BCUT2D eigenvalue weighted by atomic mass is 10.1. The molecule has 1 heterocycles. The van der Waals surface area contributed by atoms with Crippen molar-refractivity contribution < 1.29 is 9.53 Å². The minimum atomic E-state index is -0.0621. The van der Waals surface area contributed by atoms with Gasteiger partial charge in [-0.15, -0.1) is 0 Å². The van der Waals surface area contributed by atoms with E-state index in [9.17, 15) is 4.79 Å². The highest BCUT2D eigenvalue weighted by Crippen LogP contribution is 2.30. The van der Waals surface area contributed by atoms with E-state index in [-0.39, 0.29) is 6.03 Å². The Kier molecular flexibility index (Phi) is 3.52. The fourth-order valence-electron chi connectivity index (χ4n) is 2.01. The number of amides is 2. The van der Waals surface area contributed by atoms with Gasteiger partial charge in [0.05, 0.1) is 6.61 Å². The van der Waals surface area contributed by atoms with Gasteiger partial charge in [0.25, 0.3) is 0 Å². The Bertz CT molecular complexity index is 418. The molecule has 1 N–H and O–H groups in total. The van der Waals surface area contributed by atoms with Crippen LogP contribution in [-0.4, -0.2) is 25.7 Å². The van der Waals surface area contributed by atoms with E-state index in [0.717, 1.165) is 24.5 Å². The van der Waals surface area contributed by atoms with Gasteiger partial charge in [-0.1, -0.05) is 6.07 Å². The van der Waals surface area contributed by atoms with E-state index in [4.69, 9.17) is 4.74 Å². The van der Waals surface area contributed by atoms with E-state index < -0.39 is 0 Å². The highest BCUT2D eigenvalue weighted by molar-refractivity contribution is 5.92. The van der Waals surface area contributed by atoms with Crippen molar-refractivity contribution >= 4 is 11.7 Å². The van der Waals surface area contributed by atoms with E-state index in [1.54, 1.807) is 4.90 Å². The van der Waals surface area contributed by atoms with Gasteiger partial charge in [-0.3, -0.25) is 4.90 Å². The minimum Gasteiger partial charge on any atom is -0.493 e. The van der Waals surface area contributed by atoms with Crippen molar-refractivity contribution in [3.63, 3.8) is 0 Å². The molecule has 1 aromatic carbocycles. The highest BCUT2D eigenvalue weighted by atomic mass is 16.5. The van der Waals surface area contributed by atoms with Crippen molar-refractivity contribution in [3.8, 4) is 5.75 Å². The summed E-state index contributed by atoms with van der Waals surface area (Å²) in [6, 6.07) is 5.90. The third-order valence-corrected chi connectivity index (χ3v) is 2.88. The maximum absolute atomic E-state index is 11.8. The number of urea groups is 1. The number of hydrogen-bond donors (Lipinski definition) is 1. The van der Waals surface area contributed by atoms with Crippen LogP contribution in [0, 0.1) is 0 Å². The van der Waals surface area contributed by atoms with Crippen LogP contribution < -0.4 is 15.0 Å². The third-order valence-electron chi connectivity index (χ3n) is 2.88. The van der Waals surface area contributed by atoms with Crippen LogP contribution in [0.1, 0.15) is 19.4 Å². The Morgan fingerprint density at radius 3 is 3.00 bits per heavy atom. The number of carbonyl (C=O) groups excluding carboxylic acids is 1. The second-order valence-corrected chi connectivity index (χ2v) is 3.97. The standard InChI is InChI=1S/C13H18N2O2/c1-3-14-13(16)15(4-2)11-6-5-10-7-8-17-12(10)9-11/h5-6,9H,3-4,7-8H2,1-2H3,(H,14,16). The molecule has 1 aliphatic heterocycles. The number of nitrogens with one attached hydrogen (secondary N) is 1. The molecule has 92 valence electrons. The average molecular weight is 234 g/mol. The number of carbonyl (C=O) groups is 1. The van der Waals surface area contributed by atoms with Crippen LogP contribution in [0.4, 0.5) is 10.5 Å². The van der Waals surface area contributed by atoms with Gasteiger partial charge < -0.3 is 10.1 Å². The molecule has 1 aromatic rings. The summed E-state index contributed by atoms with van der Waals surface area (Å²) < 4.78 is 5.52. The van der Waals surface area contributed by atoms with Crippen molar-refractivity contribution in [1.82, 2.24) is 5.32 Å². The molecular weight excluding hydrogens is 216 g/mol. The Morgan fingerprint density at radius 2 is 2.29 bits per heavy atom. The van der Waals surface area contributed by atoms with Crippen molar-refractivity contribution in [2.45, 2.75) is 20.3 Å².